The summed E-state index contributed by atoms with van der Waals surface area (Å²) in [6.07, 6.45) is 5.34. The second-order valence-corrected chi connectivity index (χ2v) is 6.44. The first kappa shape index (κ1) is 16.6. The summed E-state index contributed by atoms with van der Waals surface area (Å²) >= 11 is 0. The van der Waals surface area contributed by atoms with E-state index in [2.05, 4.69) is 41.7 Å². The molecule has 0 aliphatic carbocycles. The van der Waals surface area contributed by atoms with E-state index in [1.165, 1.54) is 11.1 Å². The zero-order valence-corrected chi connectivity index (χ0v) is 14.2. The molecule has 1 N–H and O–H groups in total. The number of amides is 2. The van der Waals surface area contributed by atoms with E-state index in [0.717, 1.165) is 45.2 Å². The molecule has 0 spiro atoms. The van der Waals surface area contributed by atoms with Crippen molar-refractivity contribution in [2.75, 3.05) is 13.1 Å². The summed E-state index contributed by atoms with van der Waals surface area (Å²) in [5.74, 6) is 0. The molecule has 1 atom stereocenters. The molecular weight excluding hydrogens is 296 g/mol. The molecular formula is C21H26N2O. The maximum absolute atomic E-state index is 12.5. The lowest BCUT2D eigenvalue weighted by Gasteiger charge is -2.25. The third-order valence-corrected chi connectivity index (χ3v) is 4.71. The minimum atomic E-state index is 0.0843. The quantitative estimate of drug-likeness (QED) is 0.777. The van der Waals surface area contributed by atoms with Gasteiger partial charge in [0.05, 0.1) is 6.04 Å². The summed E-state index contributed by atoms with van der Waals surface area (Å²) in [5.41, 5.74) is 2.61. The van der Waals surface area contributed by atoms with Gasteiger partial charge < -0.3 is 10.2 Å². The Morgan fingerprint density at radius 1 is 1.00 bits per heavy atom. The average molecular weight is 322 g/mol. The number of hydrogen-bond acceptors (Lipinski definition) is 1. The number of nitrogens with one attached hydrogen (secondary N) is 1. The van der Waals surface area contributed by atoms with Gasteiger partial charge in [-0.3, -0.25) is 0 Å². The van der Waals surface area contributed by atoms with E-state index in [1.54, 1.807) is 0 Å². The van der Waals surface area contributed by atoms with Crippen LogP contribution < -0.4 is 5.32 Å². The number of benzene rings is 2. The molecule has 0 aromatic heterocycles. The fourth-order valence-corrected chi connectivity index (χ4v) is 3.43. The van der Waals surface area contributed by atoms with E-state index < -0.39 is 0 Å². The summed E-state index contributed by atoms with van der Waals surface area (Å²) < 4.78 is 0. The normalized spacial score (nSPS) is 17.0. The van der Waals surface area contributed by atoms with Gasteiger partial charge in [-0.25, -0.2) is 4.79 Å². The standard InChI is InChI=1S/C21H26N2O/c24-21(22-16-8-7-12-18-10-3-1-4-11-18)23-17-9-15-20(23)19-13-5-2-6-14-19/h1-6,10-11,13-14,20H,7-9,12,15-17H2,(H,22,24). The Balaban J connectivity index is 1.41. The zero-order chi connectivity index (χ0) is 16.6. The van der Waals surface area contributed by atoms with Crippen LogP contribution in [0.25, 0.3) is 0 Å². The molecule has 1 unspecified atom stereocenters. The number of nitrogens with zero attached hydrogens (tertiary/aromatic N) is 1. The average Bonchev–Trinajstić information content (AvgIpc) is 3.13. The molecule has 3 rings (SSSR count). The lowest BCUT2D eigenvalue weighted by Crippen LogP contribution is -2.39. The Hall–Kier alpha value is -2.29. The van der Waals surface area contributed by atoms with Crippen molar-refractivity contribution in [2.45, 2.75) is 38.1 Å². The van der Waals surface area contributed by atoms with E-state index in [-0.39, 0.29) is 12.1 Å². The van der Waals surface area contributed by atoms with Crippen molar-refractivity contribution in [1.29, 1.82) is 0 Å². The van der Waals surface area contributed by atoms with Gasteiger partial charge in [-0.05, 0) is 43.2 Å². The Bertz CT molecular complexity index is 627. The lowest BCUT2D eigenvalue weighted by molar-refractivity contribution is 0.193. The number of urea groups is 1. The number of unbranched alkanes of at least 4 members (excludes halogenated alkanes) is 1. The maximum Gasteiger partial charge on any atom is 0.317 e. The number of carbonyl (C=O) groups is 1. The molecule has 1 saturated heterocycles. The molecule has 3 heteroatoms. The molecule has 24 heavy (non-hydrogen) atoms. The van der Waals surface area contributed by atoms with Crippen molar-refractivity contribution in [2.24, 2.45) is 0 Å². The van der Waals surface area contributed by atoms with Crippen LogP contribution in [0, 0.1) is 0 Å². The molecule has 3 nitrogen and oxygen atoms in total. The Kier molecular flexibility index (Phi) is 5.89. The van der Waals surface area contributed by atoms with Crippen molar-refractivity contribution in [3.63, 3.8) is 0 Å². The lowest BCUT2D eigenvalue weighted by atomic mass is 10.1. The summed E-state index contributed by atoms with van der Waals surface area (Å²) in [4.78, 5) is 14.5. The van der Waals surface area contributed by atoms with Gasteiger partial charge in [0.1, 0.15) is 0 Å². The van der Waals surface area contributed by atoms with Gasteiger partial charge in [-0.2, -0.15) is 0 Å². The molecule has 0 saturated carbocycles. The SMILES string of the molecule is O=C(NCCCCc1ccccc1)N1CCCC1c1ccccc1. The van der Waals surface area contributed by atoms with Crippen LogP contribution in [0.5, 0.6) is 0 Å². The third-order valence-electron chi connectivity index (χ3n) is 4.71. The molecule has 1 fully saturated rings. The highest BCUT2D eigenvalue weighted by Gasteiger charge is 2.29. The second-order valence-electron chi connectivity index (χ2n) is 6.44. The molecule has 1 heterocycles. The van der Waals surface area contributed by atoms with Crippen LogP contribution in [-0.2, 0) is 6.42 Å². The van der Waals surface area contributed by atoms with Gasteiger partial charge in [-0.15, -0.1) is 0 Å². The molecule has 2 aromatic rings. The summed E-state index contributed by atoms with van der Waals surface area (Å²) in [6, 6.07) is 21.2. The Morgan fingerprint density at radius 3 is 2.46 bits per heavy atom. The minimum Gasteiger partial charge on any atom is -0.338 e. The van der Waals surface area contributed by atoms with E-state index in [4.69, 9.17) is 0 Å². The zero-order valence-electron chi connectivity index (χ0n) is 14.2. The first-order chi connectivity index (χ1) is 11.8. The molecule has 1 aliphatic rings. The maximum atomic E-state index is 12.5. The molecule has 0 radical (unpaired) electrons. The monoisotopic (exact) mass is 322 g/mol. The van der Waals surface area contributed by atoms with E-state index in [0.29, 0.717) is 0 Å². The summed E-state index contributed by atoms with van der Waals surface area (Å²) in [7, 11) is 0. The van der Waals surface area contributed by atoms with Crippen LogP contribution in [0.4, 0.5) is 4.79 Å². The van der Waals surface area contributed by atoms with Crippen molar-refractivity contribution in [3.8, 4) is 0 Å². The van der Waals surface area contributed by atoms with Crippen LogP contribution in [0.15, 0.2) is 60.7 Å². The van der Waals surface area contributed by atoms with Gasteiger partial charge in [0.2, 0.25) is 0 Å². The van der Waals surface area contributed by atoms with Crippen LogP contribution in [0.3, 0.4) is 0 Å². The van der Waals surface area contributed by atoms with Crippen molar-refractivity contribution in [3.05, 3.63) is 71.8 Å². The largest absolute Gasteiger partial charge is 0.338 e. The molecule has 126 valence electrons. The first-order valence-corrected chi connectivity index (χ1v) is 8.98. The fourth-order valence-electron chi connectivity index (χ4n) is 3.43. The van der Waals surface area contributed by atoms with E-state index in [1.807, 2.05) is 29.2 Å². The summed E-state index contributed by atoms with van der Waals surface area (Å²) in [5, 5.41) is 3.10. The predicted octanol–water partition coefficient (Wildman–Crippen LogP) is 4.56. The molecule has 2 amide bonds. The summed E-state index contributed by atoms with van der Waals surface area (Å²) in [6.45, 7) is 1.61. The molecule has 0 bridgehead atoms. The molecule has 1 aliphatic heterocycles. The van der Waals surface area contributed by atoms with E-state index in [9.17, 15) is 4.79 Å². The Morgan fingerprint density at radius 2 is 1.71 bits per heavy atom. The number of carbonyl (C=O) groups excluding carboxylic acids is 1. The van der Waals surface area contributed by atoms with Crippen molar-refractivity contribution < 1.29 is 4.79 Å². The highest BCUT2D eigenvalue weighted by molar-refractivity contribution is 5.75. The van der Waals surface area contributed by atoms with Gasteiger partial charge in [0.25, 0.3) is 0 Å². The van der Waals surface area contributed by atoms with Gasteiger partial charge in [0.15, 0.2) is 0 Å². The second kappa shape index (κ2) is 8.53. The van der Waals surface area contributed by atoms with Crippen LogP contribution >= 0.6 is 0 Å². The van der Waals surface area contributed by atoms with Crippen LogP contribution in [0.2, 0.25) is 0 Å². The highest BCUT2D eigenvalue weighted by atomic mass is 16.2. The smallest absolute Gasteiger partial charge is 0.317 e. The Labute approximate surface area is 144 Å². The van der Waals surface area contributed by atoms with Gasteiger partial charge in [0, 0.05) is 13.1 Å². The minimum absolute atomic E-state index is 0.0843. The number of aryl methyl sites for hydroxylation is 1. The highest BCUT2D eigenvalue weighted by Crippen LogP contribution is 2.31. The fraction of sp³-hybridized carbons (Fsp3) is 0.381. The topological polar surface area (TPSA) is 32.3 Å². The number of hydrogen-bond donors (Lipinski definition) is 1. The van der Waals surface area contributed by atoms with Crippen molar-refractivity contribution in [1.82, 2.24) is 10.2 Å². The first-order valence-electron chi connectivity index (χ1n) is 8.98. The van der Waals surface area contributed by atoms with Crippen LogP contribution in [-0.4, -0.2) is 24.0 Å². The predicted molar refractivity (Wildman–Crippen MR) is 97.9 cm³/mol. The van der Waals surface area contributed by atoms with Gasteiger partial charge in [-0.1, -0.05) is 60.7 Å². The van der Waals surface area contributed by atoms with Gasteiger partial charge >= 0.3 is 6.03 Å². The van der Waals surface area contributed by atoms with E-state index >= 15 is 0 Å². The number of rotatable bonds is 6. The number of likely N-dealkylation sites (tertiary alicyclic amines) is 1. The van der Waals surface area contributed by atoms with Crippen LogP contribution in [0.1, 0.15) is 42.9 Å². The van der Waals surface area contributed by atoms with Crippen molar-refractivity contribution >= 4 is 6.03 Å². The molecule has 2 aromatic carbocycles. The third kappa shape index (κ3) is 4.38.